The summed E-state index contributed by atoms with van der Waals surface area (Å²) in [6.07, 6.45) is 0.196. The van der Waals surface area contributed by atoms with Crippen molar-refractivity contribution in [2.45, 2.75) is 26.3 Å². The standard InChI is InChI=1S/C15H20N2O4/c1-11(2)17-14(19)10-21-15(20)9-16-13(18)8-12-6-4-3-5-7-12/h3-7,11H,8-10H2,1-2H3,(H,16,18)(H,17,19). The topological polar surface area (TPSA) is 84.5 Å². The number of esters is 1. The highest BCUT2D eigenvalue weighted by atomic mass is 16.5. The fraction of sp³-hybridized carbons (Fsp3) is 0.400. The molecule has 0 spiro atoms. The van der Waals surface area contributed by atoms with Crippen LogP contribution in [0.2, 0.25) is 0 Å². The van der Waals surface area contributed by atoms with Gasteiger partial charge in [-0.2, -0.15) is 0 Å². The van der Waals surface area contributed by atoms with Crippen molar-refractivity contribution in [3.63, 3.8) is 0 Å². The van der Waals surface area contributed by atoms with Crippen molar-refractivity contribution >= 4 is 17.8 Å². The first-order chi connectivity index (χ1) is 9.97. The van der Waals surface area contributed by atoms with Crippen molar-refractivity contribution in [3.8, 4) is 0 Å². The van der Waals surface area contributed by atoms with Gasteiger partial charge in [-0.15, -0.1) is 0 Å². The molecular weight excluding hydrogens is 272 g/mol. The van der Waals surface area contributed by atoms with Crippen molar-refractivity contribution in [2.75, 3.05) is 13.2 Å². The van der Waals surface area contributed by atoms with Gasteiger partial charge >= 0.3 is 5.97 Å². The highest BCUT2D eigenvalue weighted by molar-refractivity contribution is 5.85. The Kier molecular flexibility index (Phi) is 6.94. The molecule has 21 heavy (non-hydrogen) atoms. The minimum absolute atomic E-state index is 0.0122. The zero-order valence-corrected chi connectivity index (χ0v) is 12.2. The predicted molar refractivity (Wildman–Crippen MR) is 77.4 cm³/mol. The van der Waals surface area contributed by atoms with E-state index in [1.165, 1.54) is 0 Å². The van der Waals surface area contributed by atoms with Crippen molar-refractivity contribution in [3.05, 3.63) is 35.9 Å². The summed E-state index contributed by atoms with van der Waals surface area (Å²) < 4.78 is 4.74. The van der Waals surface area contributed by atoms with E-state index >= 15 is 0 Å². The second-order valence-corrected chi connectivity index (χ2v) is 4.82. The van der Waals surface area contributed by atoms with E-state index in [2.05, 4.69) is 10.6 Å². The molecule has 6 heteroatoms. The molecule has 0 bridgehead atoms. The maximum atomic E-state index is 11.6. The molecule has 0 saturated heterocycles. The lowest BCUT2D eigenvalue weighted by Gasteiger charge is -2.09. The number of amides is 2. The van der Waals surface area contributed by atoms with Gasteiger partial charge in [-0.3, -0.25) is 14.4 Å². The number of hydrogen-bond acceptors (Lipinski definition) is 4. The van der Waals surface area contributed by atoms with Gasteiger partial charge in [-0.25, -0.2) is 0 Å². The molecule has 0 aromatic heterocycles. The van der Waals surface area contributed by atoms with Crippen molar-refractivity contribution in [1.82, 2.24) is 10.6 Å². The highest BCUT2D eigenvalue weighted by Gasteiger charge is 2.10. The van der Waals surface area contributed by atoms with Gasteiger partial charge < -0.3 is 15.4 Å². The van der Waals surface area contributed by atoms with Gasteiger partial charge in [-0.05, 0) is 19.4 Å². The van der Waals surface area contributed by atoms with Crippen LogP contribution in [0.5, 0.6) is 0 Å². The molecule has 0 heterocycles. The molecule has 0 saturated carbocycles. The van der Waals surface area contributed by atoms with E-state index in [1.54, 1.807) is 0 Å². The van der Waals surface area contributed by atoms with Crippen LogP contribution in [-0.4, -0.2) is 37.0 Å². The number of nitrogens with one attached hydrogen (secondary N) is 2. The fourth-order valence-electron chi connectivity index (χ4n) is 1.58. The quantitative estimate of drug-likeness (QED) is 0.713. The molecule has 0 atom stereocenters. The minimum atomic E-state index is -0.643. The van der Waals surface area contributed by atoms with E-state index in [0.29, 0.717) is 0 Å². The zero-order valence-electron chi connectivity index (χ0n) is 12.2. The van der Waals surface area contributed by atoms with Crippen LogP contribution in [0.3, 0.4) is 0 Å². The van der Waals surface area contributed by atoms with Crippen LogP contribution >= 0.6 is 0 Å². The Morgan fingerprint density at radius 2 is 1.76 bits per heavy atom. The van der Waals surface area contributed by atoms with Gasteiger partial charge in [-0.1, -0.05) is 30.3 Å². The smallest absolute Gasteiger partial charge is 0.325 e. The lowest BCUT2D eigenvalue weighted by atomic mass is 10.1. The van der Waals surface area contributed by atoms with Crippen LogP contribution in [0, 0.1) is 0 Å². The summed E-state index contributed by atoms with van der Waals surface area (Å²) in [6, 6.07) is 9.18. The molecule has 0 aliphatic heterocycles. The molecule has 2 N–H and O–H groups in total. The molecule has 0 fully saturated rings. The van der Waals surface area contributed by atoms with Crippen LogP contribution in [0.4, 0.5) is 0 Å². The normalized spacial score (nSPS) is 10.0. The van der Waals surface area contributed by atoms with Crippen molar-refractivity contribution < 1.29 is 19.1 Å². The second-order valence-electron chi connectivity index (χ2n) is 4.82. The Hall–Kier alpha value is -2.37. The van der Waals surface area contributed by atoms with E-state index in [1.807, 2.05) is 44.2 Å². The van der Waals surface area contributed by atoms with Gasteiger partial charge in [0.1, 0.15) is 6.54 Å². The number of hydrogen-bond donors (Lipinski definition) is 2. The number of benzene rings is 1. The lowest BCUT2D eigenvalue weighted by Crippen LogP contribution is -2.36. The molecule has 0 aliphatic rings. The predicted octanol–water partition coefficient (Wildman–Crippen LogP) is 0.413. The van der Waals surface area contributed by atoms with Crippen molar-refractivity contribution in [1.29, 1.82) is 0 Å². The third-order valence-electron chi connectivity index (χ3n) is 2.45. The summed E-state index contributed by atoms with van der Waals surface area (Å²) in [5.74, 6) is -1.28. The minimum Gasteiger partial charge on any atom is -0.454 e. The molecule has 1 rings (SSSR count). The summed E-state index contributed by atoms with van der Waals surface area (Å²) in [6.45, 7) is 3.03. The third-order valence-corrected chi connectivity index (χ3v) is 2.45. The molecule has 6 nitrogen and oxygen atoms in total. The average molecular weight is 292 g/mol. The summed E-state index contributed by atoms with van der Waals surface area (Å²) in [4.78, 5) is 34.2. The largest absolute Gasteiger partial charge is 0.454 e. The molecule has 2 amide bonds. The van der Waals surface area contributed by atoms with Crippen LogP contribution in [-0.2, 0) is 25.5 Å². The van der Waals surface area contributed by atoms with E-state index in [9.17, 15) is 14.4 Å². The number of rotatable bonds is 7. The summed E-state index contributed by atoms with van der Waals surface area (Å²) in [7, 11) is 0. The van der Waals surface area contributed by atoms with E-state index in [0.717, 1.165) is 5.56 Å². The van der Waals surface area contributed by atoms with E-state index < -0.39 is 5.97 Å². The average Bonchev–Trinajstić information content (AvgIpc) is 2.43. The van der Waals surface area contributed by atoms with Gasteiger partial charge in [0.15, 0.2) is 6.61 Å². The molecular formula is C15H20N2O4. The Balaban J connectivity index is 2.21. The van der Waals surface area contributed by atoms with E-state index in [-0.39, 0.29) is 37.4 Å². The first-order valence-corrected chi connectivity index (χ1v) is 6.73. The number of carbonyl (C=O) groups is 3. The van der Waals surface area contributed by atoms with Crippen LogP contribution < -0.4 is 10.6 Å². The Bertz CT molecular complexity index is 486. The molecule has 114 valence electrons. The third kappa shape index (κ3) is 7.71. The fourth-order valence-corrected chi connectivity index (χ4v) is 1.58. The van der Waals surface area contributed by atoms with Gasteiger partial charge in [0.25, 0.3) is 5.91 Å². The zero-order chi connectivity index (χ0) is 15.7. The molecule has 0 unspecified atom stereocenters. The monoisotopic (exact) mass is 292 g/mol. The summed E-state index contributed by atoms with van der Waals surface area (Å²) in [5, 5.41) is 5.04. The Morgan fingerprint density at radius 3 is 2.38 bits per heavy atom. The van der Waals surface area contributed by atoms with E-state index in [4.69, 9.17) is 4.74 Å². The van der Waals surface area contributed by atoms with Gasteiger partial charge in [0, 0.05) is 6.04 Å². The Morgan fingerprint density at radius 1 is 1.10 bits per heavy atom. The molecule has 0 radical (unpaired) electrons. The maximum absolute atomic E-state index is 11.6. The molecule has 1 aromatic carbocycles. The summed E-state index contributed by atoms with van der Waals surface area (Å²) >= 11 is 0. The van der Waals surface area contributed by atoms with Crippen LogP contribution in [0.15, 0.2) is 30.3 Å². The second kappa shape index (κ2) is 8.73. The number of ether oxygens (including phenoxy) is 1. The first kappa shape index (κ1) is 16.7. The SMILES string of the molecule is CC(C)NC(=O)COC(=O)CNC(=O)Cc1ccccc1. The summed E-state index contributed by atoms with van der Waals surface area (Å²) in [5.41, 5.74) is 0.861. The molecule has 1 aromatic rings. The Labute approximate surface area is 123 Å². The van der Waals surface area contributed by atoms with Crippen LogP contribution in [0.25, 0.3) is 0 Å². The maximum Gasteiger partial charge on any atom is 0.325 e. The first-order valence-electron chi connectivity index (χ1n) is 6.73. The highest BCUT2D eigenvalue weighted by Crippen LogP contribution is 1.98. The lowest BCUT2D eigenvalue weighted by molar-refractivity contribution is -0.148. The van der Waals surface area contributed by atoms with Crippen LogP contribution in [0.1, 0.15) is 19.4 Å². The van der Waals surface area contributed by atoms with Gasteiger partial charge in [0.2, 0.25) is 5.91 Å². The van der Waals surface area contributed by atoms with Gasteiger partial charge in [0.05, 0.1) is 6.42 Å². The number of carbonyl (C=O) groups excluding carboxylic acids is 3. The van der Waals surface area contributed by atoms with Crippen molar-refractivity contribution in [2.24, 2.45) is 0 Å². The molecule has 0 aliphatic carbocycles.